The maximum absolute atomic E-state index is 13.7. The van der Waals surface area contributed by atoms with Gasteiger partial charge in [0.05, 0.1) is 17.9 Å². The molecule has 1 saturated heterocycles. The monoisotopic (exact) mass is 467 g/mol. The highest BCUT2D eigenvalue weighted by Crippen LogP contribution is 2.35. The lowest BCUT2D eigenvalue weighted by atomic mass is 10.0. The molecule has 0 atom stereocenters. The Morgan fingerprint density at radius 2 is 1.57 bits per heavy atom. The smallest absolute Gasteiger partial charge is 0.282 e. The standard InChI is InChI=1S/C29H29N3O3/c1-3-35-25-8-6-7-24(19-25)32-28(33)26(21-11-9-20(2)10-12-21)27(29(32)34)30-22-13-15-23(16-14-22)31-17-4-5-18-31/h6-16,19,30H,3-5,17-18H2,1-2H3. The Morgan fingerprint density at radius 3 is 2.26 bits per heavy atom. The second-order valence-electron chi connectivity index (χ2n) is 8.86. The van der Waals surface area contributed by atoms with E-state index in [9.17, 15) is 9.59 Å². The summed E-state index contributed by atoms with van der Waals surface area (Å²) in [4.78, 5) is 30.9. The van der Waals surface area contributed by atoms with Crippen LogP contribution in [0.5, 0.6) is 5.75 Å². The van der Waals surface area contributed by atoms with E-state index in [2.05, 4.69) is 22.3 Å². The summed E-state index contributed by atoms with van der Waals surface area (Å²) >= 11 is 0. The highest BCUT2D eigenvalue weighted by atomic mass is 16.5. The molecule has 0 unspecified atom stereocenters. The van der Waals surface area contributed by atoms with Crippen LogP contribution in [0.3, 0.4) is 0 Å². The van der Waals surface area contributed by atoms with Gasteiger partial charge in [0.15, 0.2) is 0 Å². The lowest BCUT2D eigenvalue weighted by Gasteiger charge is -2.18. The van der Waals surface area contributed by atoms with E-state index in [-0.39, 0.29) is 17.5 Å². The molecule has 0 saturated carbocycles. The van der Waals surface area contributed by atoms with Crippen LogP contribution in [0.25, 0.3) is 5.57 Å². The number of nitrogens with zero attached hydrogens (tertiary/aromatic N) is 2. The molecule has 0 spiro atoms. The number of hydrogen-bond acceptors (Lipinski definition) is 5. The van der Waals surface area contributed by atoms with E-state index in [1.165, 1.54) is 23.4 Å². The van der Waals surface area contributed by atoms with Gasteiger partial charge in [0.1, 0.15) is 11.4 Å². The molecule has 2 aliphatic rings. The van der Waals surface area contributed by atoms with Crippen LogP contribution in [0.1, 0.15) is 30.9 Å². The first-order chi connectivity index (χ1) is 17.0. The van der Waals surface area contributed by atoms with Crippen molar-refractivity contribution < 1.29 is 14.3 Å². The van der Waals surface area contributed by atoms with Crippen LogP contribution in [0.4, 0.5) is 17.1 Å². The van der Waals surface area contributed by atoms with Gasteiger partial charge in [0, 0.05) is 30.5 Å². The van der Waals surface area contributed by atoms with Crippen molar-refractivity contribution in [2.75, 3.05) is 34.8 Å². The molecule has 0 aliphatic carbocycles. The van der Waals surface area contributed by atoms with Gasteiger partial charge in [0.25, 0.3) is 11.8 Å². The minimum Gasteiger partial charge on any atom is -0.494 e. The first-order valence-electron chi connectivity index (χ1n) is 12.1. The number of aryl methyl sites for hydroxylation is 1. The predicted molar refractivity (Wildman–Crippen MR) is 140 cm³/mol. The number of ether oxygens (including phenoxy) is 1. The SMILES string of the molecule is CCOc1cccc(N2C(=O)C(Nc3ccc(N4CCCC4)cc3)=C(c3ccc(C)cc3)C2=O)c1. The van der Waals surface area contributed by atoms with Crippen molar-refractivity contribution in [2.45, 2.75) is 26.7 Å². The summed E-state index contributed by atoms with van der Waals surface area (Å²) < 4.78 is 5.59. The van der Waals surface area contributed by atoms with Gasteiger partial charge in [0.2, 0.25) is 0 Å². The molecule has 3 aromatic rings. The number of rotatable bonds is 7. The number of nitrogens with one attached hydrogen (secondary N) is 1. The Bertz CT molecular complexity index is 1270. The number of carbonyl (C=O) groups is 2. The van der Waals surface area contributed by atoms with Crippen molar-refractivity contribution in [3.05, 3.63) is 89.6 Å². The van der Waals surface area contributed by atoms with Crippen LogP contribution < -0.4 is 19.9 Å². The zero-order valence-electron chi connectivity index (χ0n) is 20.1. The van der Waals surface area contributed by atoms with E-state index in [0.717, 1.165) is 24.3 Å². The van der Waals surface area contributed by atoms with Gasteiger partial charge in [-0.05, 0) is 68.7 Å². The Kier molecular flexibility index (Phi) is 6.27. The molecule has 178 valence electrons. The molecule has 2 aliphatic heterocycles. The Morgan fingerprint density at radius 1 is 0.857 bits per heavy atom. The second-order valence-corrected chi connectivity index (χ2v) is 8.86. The van der Waals surface area contributed by atoms with Gasteiger partial charge < -0.3 is 15.0 Å². The summed E-state index contributed by atoms with van der Waals surface area (Å²) in [5.41, 5.74) is 4.84. The maximum atomic E-state index is 13.7. The van der Waals surface area contributed by atoms with Gasteiger partial charge in [-0.2, -0.15) is 0 Å². The van der Waals surface area contributed by atoms with Crippen molar-refractivity contribution in [3.63, 3.8) is 0 Å². The summed E-state index contributed by atoms with van der Waals surface area (Å²) in [6.07, 6.45) is 2.42. The normalized spacial score (nSPS) is 15.8. The number of anilines is 3. The summed E-state index contributed by atoms with van der Waals surface area (Å²) in [6, 6.07) is 22.8. The minimum atomic E-state index is -0.386. The zero-order valence-corrected chi connectivity index (χ0v) is 20.1. The molecule has 35 heavy (non-hydrogen) atoms. The minimum absolute atomic E-state index is 0.273. The van der Waals surface area contributed by atoms with E-state index in [1.807, 2.05) is 56.3 Å². The number of benzene rings is 3. The van der Waals surface area contributed by atoms with Crippen LogP contribution in [-0.4, -0.2) is 31.5 Å². The van der Waals surface area contributed by atoms with Crippen LogP contribution in [0, 0.1) is 6.92 Å². The van der Waals surface area contributed by atoms with E-state index in [1.54, 1.807) is 18.2 Å². The van der Waals surface area contributed by atoms with Crippen molar-refractivity contribution >= 4 is 34.4 Å². The molecule has 0 radical (unpaired) electrons. The average molecular weight is 468 g/mol. The Balaban J connectivity index is 1.51. The Labute approximate surface area is 205 Å². The van der Waals surface area contributed by atoms with E-state index in [0.29, 0.717) is 29.2 Å². The zero-order chi connectivity index (χ0) is 24.4. The summed E-state index contributed by atoms with van der Waals surface area (Å²) in [7, 11) is 0. The van der Waals surface area contributed by atoms with Gasteiger partial charge in [-0.25, -0.2) is 4.90 Å². The van der Waals surface area contributed by atoms with E-state index in [4.69, 9.17) is 4.74 Å². The molecule has 1 fully saturated rings. The van der Waals surface area contributed by atoms with Crippen molar-refractivity contribution in [3.8, 4) is 5.75 Å². The topological polar surface area (TPSA) is 61.9 Å². The fourth-order valence-electron chi connectivity index (χ4n) is 4.62. The summed E-state index contributed by atoms with van der Waals surface area (Å²) in [5, 5.41) is 3.26. The maximum Gasteiger partial charge on any atom is 0.282 e. The molecule has 1 N–H and O–H groups in total. The molecule has 6 heteroatoms. The van der Waals surface area contributed by atoms with E-state index < -0.39 is 0 Å². The van der Waals surface area contributed by atoms with Gasteiger partial charge in [-0.1, -0.05) is 35.9 Å². The highest BCUT2D eigenvalue weighted by Gasteiger charge is 2.40. The fourth-order valence-corrected chi connectivity index (χ4v) is 4.62. The lowest BCUT2D eigenvalue weighted by Crippen LogP contribution is -2.32. The second kappa shape index (κ2) is 9.66. The van der Waals surface area contributed by atoms with Gasteiger partial charge in [-0.15, -0.1) is 0 Å². The molecule has 0 aromatic heterocycles. The van der Waals surface area contributed by atoms with Crippen LogP contribution in [0.2, 0.25) is 0 Å². The van der Waals surface area contributed by atoms with Crippen molar-refractivity contribution in [1.29, 1.82) is 0 Å². The van der Waals surface area contributed by atoms with Gasteiger partial charge in [-0.3, -0.25) is 9.59 Å². The Hall–Kier alpha value is -4.06. The predicted octanol–water partition coefficient (Wildman–Crippen LogP) is 5.39. The molecule has 5 rings (SSSR count). The summed E-state index contributed by atoms with van der Waals surface area (Å²) in [5.74, 6) is -0.132. The third kappa shape index (κ3) is 4.52. The molecule has 0 bridgehead atoms. The fraction of sp³-hybridized carbons (Fsp3) is 0.241. The van der Waals surface area contributed by atoms with Gasteiger partial charge >= 0.3 is 0 Å². The van der Waals surface area contributed by atoms with Crippen molar-refractivity contribution in [2.24, 2.45) is 0 Å². The lowest BCUT2D eigenvalue weighted by molar-refractivity contribution is -0.120. The first kappa shape index (κ1) is 22.7. The molecule has 6 nitrogen and oxygen atoms in total. The molecular weight excluding hydrogens is 438 g/mol. The number of amides is 2. The molecule has 2 amide bonds. The quantitative estimate of drug-likeness (QED) is 0.472. The number of imide groups is 1. The third-order valence-corrected chi connectivity index (χ3v) is 6.42. The average Bonchev–Trinajstić information content (AvgIpc) is 3.48. The van der Waals surface area contributed by atoms with Crippen molar-refractivity contribution in [1.82, 2.24) is 0 Å². The molecule has 3 aromatic carbocycles. The summed E-state index contributed by atoms with van der Waals surface area (Å²) in [6.45, 7) is 6.52. The largest absolute Gasteiger partial charge is 0.494 e. The van der Waals surface area contributed by atoms with Crippen LogP contribution in [0.15, 0.2) is 78.5 Å². The molecule has 2 heterocycles. The van der Waals surface area contributed by atoms with E-state index >= 15 is 0 Å². The first-order valence-corrected chi connectivity index (χ1v) is 12.1. The van der Waals surface area contributed by atoms with Crippen LogP contribution in [-0.2, 0) is 9.59 Å². The van der Waals surface area contributed by atoms with Crippen LogP contribution >= 0.6 is 0 Å². The third-order valence-electron chi connectivity index (χ3n) is 6.42. The number of carbonyl (C=O) groups excluding carboxylic acids is 2. The number of hydrogen-bond donors (Lipinski definition) is 1. The molecular formula is C29H29N3O3. The highest BCUT2D eigenvalue weighted by molar-refractivity contribution is 6.46.